The first kappa shape index (κ1) is 14.2. The standard InChI is InChI=1S/C12H15N5O2S/c1-2-7-13-10-5-3-8-14-12(10)20(18,19)17-11-6-4-9-15-16-11/h3-6,8-9,13H,2,7H2,1H3,(H,16,17). The molecule has 0 spiro atoms. The molecule has 2 aromatic rings. The molecule has 2 heterocycles. The molecule has 0 radical (unpaired) electrons. The monoisotopic (exact) mass is 293 g/mol. The molecule has 2 rings (SSSR count). The van der Waals surface area contributed by atoms with Gasteiger partial charge in [0.25, 0.3) is 10.0 Å². The van der Waals surface area contributed by atoms with Gasteiger partial charge in [-0.05, 0) is 30.7 Å². The Hall–Kier alpha value is -2.22. The highest BCUT2D eigenvalue weighted by Crippen LogP contribution is 2.20. The third-order valence-electron chi connectivity index (χ3n) is 2.40. The first-order valence-corrected chi connectivity index (χ1v) is 7.61. The van der Waals surface area contributed by atoms with E-state index in [-0.39, 0.29) is 10.8 Å². The summed E-state index contributed by atoms with van der Waals surface area (Å²) in [5.74, 6) is 0.152. The Labute approximate surface area is 117 Å². The van der Waals surface area contributed by atoms with Crippen LogP contribution in [0, 0.1) is 0 Å². The Morgan fingerprint density at radius 2 is 2.00 bits per heavy atom. The average molecular weight is 293 g/mol. The van der Waals surface area contributed by atoms with Crippen LogP contribution in [-0.4, -0.2) is 30.1 Å². The third kappa shape index (κ3) is 3.41. The molecule has 2 aromatic heterocycles. The number of hydrogen-bond donors (Lipinski definition) is 2. The molecular weight excluding hydrogens is 278 g/mol. The zero-order chi connectivity index (χ0) is 14.4. The fourth-order valence-electron chi connectivity index (χ4n) is 1.54. The average Bonchev–Trinajstić information content (AvgIpc) is 2.46. The van der Waals surface area contributed by atoms with Crippen LogP contribution in [0.25, 0.3) is 0 Å². The highest BCUT2D eigenvalue weighted by atomic mass is 32.2. The first-order valence-electron chi connectivity index (χ1n) is 6.13. The molecule has 7 nitrogen and oxygen atoms in total. The van der Waals surface area contributed by atoms with Crippen LogP contribution in [0.4, 0.5) is 11.5 Å². The van der Waals surface area contributed by atoms with Crippen molar-refractivity contribution in [2.24, 2.45) is 0 Å². The minimum Gasteiger partial charge on any atom is -0.383 e. The maximum Gasteiger partial charge on any atom is 0.282 e. The van der Waals surface area contributed by atoms with Gasteiger partial charge in [-0.15, -0.1) is 5.10 Å². The fraction of sp³-hybridized carbons (Fsp3) is 0.250. The number of pyridine rings is 1. The molecule has 0 bridgehead atoms. The second kappa shape index (κ2) is 6.29. The van der Waals surface area contributed by atoms with Gasteiger partial charge < -0.3 is 5.32 Å². The van der Waals surface area contributed by atoms with Gasteiger partial charge in [0.15, 0.2) is 10.8 Å². The van der Waals surface area contributed by atoms with E-state index in [4.69, 9.17) is 0 Å². The fourth-order valence-corrected chi connectivity index (χ4v) is 2.65. The van der Waals surface area contributed by atoms with Gasteiger partial charge in [-0.25, -0.2) is 4.98 Å². The van der Waals surface area contributed by atoms with Crippen LogP contribution in [0.2, 0.25) is 0 Å². The second-order valence-electron chi connectivity index (χ2n) is 4.00. The number of aromatic nitrogens is 3. The van der Waals surface area contributed by atoms with E-state index in [1.165, 1.54) is 18.5 Å². The van der Waals surface area contributed by atoms with Gasteiger partial charge in [0, 0.05) is 18.9 Å². The lowest BCUT2D eigenvalue weighted by Crippen LogP contribution is -2.18. The van der Waals surface area contributed by atoms with Crippen LogP contribution in [0.3, 0.4) is 0 Å². The summed E-state index contributed by atoms with van der Waals surface area (Å²) in [5.41, 5.74) is 0.464. The molecule has 8 heteroatoms. The van der Waals surface area contributed by atoms with E-state index < -0.39 is 10.0 Å². The van der Waals surface area contributed by atoms with Crippen molar-refractivity contribution in [3.8, 4) is 0 Å². The summed E-state index contributed by atoms with van der Waals surface area (Å²) < 4.78 is 27.0. The molecule has 0 saturated carbocycles. The van der Waals surface area contributed by atoms with E-state index in [0.717, 1.165) is 6.42 Å². The van der Waals surface area contributed by atoms with E-state index in [9.17, 15) is 8.42 Å². The van der Waals surface area contributed by atoms with Crippen LogP contribution in [0.15, 0.2) is 41.7 Å². The van der Waals surface area contributed by atoms with Crippen molar-refractivity contribution in [3.63, 3.8) is 0 Å². The molecule has 2 N–H and O–H groups in total. The van der Waals surface area contributed by atoms with Crippen LogP contribution in [0.5, 0.6) is 0 Å². The highest BCUT2D eigenvalue weighted by Gasteiger charge is 2.20. The van der Waals surface area contributed by atoms with Crippen molar-refractivity contribution in [2.75, 3.05) is 16.6 Å². The van der Waals surface area contributed by atoms with Crippen molar-refractivity contribution in [3.05, 3.63) is 36.7 Å². The maximum atomic E-state index is 12.3. The summed E-state index contributed by atoms with van der Waals surface area (Å²) in [7, 11) is -3.80. The molecule has 0 aliphatic rings. The largest absolute Gasteiger partial charge is 0.383 e. The number of nitrogens with one attached hydrogen (secondary N) is 2. The van der Waals surface area contributed by atoms with Crippen molar-refractivity contribution >= 4 is 21.5 Å². The highest BCUT2D eigenvalue weighted by molar-refractivity contribution is 7.92. The lowest BCUT2D eigenvalue weighted by atomic mass is 10.4. The molecule has 0 aromatic carbocycles. The molecule has 106 valence electrons. The van der Waals surface area contributed by atoms with E-state index >= 15 is 0 Å². The summed E-state index contributed by atoms with van der Waals surface area (Å²) in [5, 5.41) is 10.3. The van der Waals surface area contributed by atoms with Gasteiger partial charge in [-0.2, -0.15) is 13.5 Å². The van der Waals surface area contributed by atoms with Crippen LogP contribution in [-0.2, 0) is 10.0 Å². The second-order valence-corrected chi connectivity index (χ2v) is 5.59. The van der Waals surface area contributed by atoms with Crippen molar-refractivity contribution in [1.82, 2.24) is 15.2 Å². The minimum atomic E-state index is -3.80. The van der Waals surface area contributed by atoms with E-state index in [0.29, 0.717) is 12.2 Å². The number of hydrogen-bond acceptors (Lipinski definition) is 6. The maximum absolute atomic E-state index is 12.3. The van der Waals surface area contributed by atoms with Crippen molar-refractivity contribution in [2.45, 2.75) is 18.4 Å². The van der Waals surface area contributed by atoms with Gasteiger partial charge in [0.05, 0.1) is 5.69 Å². The SMILES string of the molecule is CCCNc1cccnc1S(=O)(=O)Nc1cccnn1. The van der Waals surface area contributed by atoms with Crippen molar-refractivity contribution in [1.29, 1.82) is 0 Å². The summed E-state index contributed by atoms with van der Waals surface area (Å²) in [6.45, 7) is 2.66. The zero-order valence-electron chi connectivity index (χ0n) is 10.9. The molecule has 0 aliphatic carbocycles. The molecule has 0 aliphatic heterocycles. The van der Waals surface area contributed by atoms with E-state index in [1.807, 2.05) is 6.92 Å². The summed E-state index contributed by atoms with van der Waals surface area (Å²) in [6.07, 6.45) is 3.78. The van der Waals surface area contributed by atoms with Crippen LogP contribution < -0.4 is 10.0 Å². The van der Waals surface area contributed by atoms with Gasteiger partial charge in [0.2, 0.25) is 0 Å². The Bertz CT molecular complexity index is 661. The van der Waals surface area contributed by atoms with Gasteiger partial charge in [-0.1, -0.05) is 6.92 Å². The molecule has 0 saturated heterocycles. The first-order chi connectivity index (χ1) is 9.63. The number of anilines is 2. The molecule has 0 atom stereocenters. The lowest BCUT2D eigenvalue weighted by molar-refractivity contribution is 0.597. The topological polar surface area (TPSA) is 96.9 Å². The Balaban J connectivity index is 2.30. The quantitative estimate of drug-likeness (QED) is 0.837. The Morgan fingerprint density at radius 3 is 2.70 bits per heavy atom. The smallest absolute Gasteiger partial charge is 0.282 e. The summed E-state index contributed by atoms with van der Waals surface area (Å²) in [4.78, 5) is 3.94. The minimum absolute atomic E-state index is 0.0564. The van der Waals surface area contributed by atoms with E-state index in [2.05, 4.69) is 25.2 Å². The number of nitrogens with zero attached hydrogens (tertiary/aromatic N) is 3. The third-order valence-corrected chi connectivity index (χ3v) is 3.71. The van der Waals surface area contributed by atoms with Crippen LogP contribution in [0.1, 0.15) is 13.3 Å². The van der Waals surface area contributed by atoms with Gasteiger partial charge in [-0.3, -0.25) is 4.72 Å². The number of rotatable bonds is 6. The normalized spacial score (nSPS) is 11.1. The number of sulfonamides is 1. The Morgan fingerprint density at radius 1 is 1.20 bits per heavy atom. The van der Waals surface area contributed by atoms with Crippen molar-refractivity contribution < 1.29 is 8.42 Å². The summed E-state index contributed by atoms with van der Waals surface area (Å²) >= 11 is 0. The predicted octanol–water partition coefficient (Wildman–Crippen LogP) is 1.49. The van der Waals surface area contributed by atoms with E-state index in [1.54, 1.807) is 18.2 Å². The molecule has 20 heavy (non-hydrogen) atoms. The van der Waals surface area contributed by atoms with Gasteiger partial charge >= 0.3 is 0 Å². The zero-order valence-corrected chi connectivity index (χ0v) is 11.8. The molecule has 0 amide bonds. The predicted molar refractivity (Wildman–Crippen MR) is 75.9 cm³/mol. The van der Waals surface area contributed by atoms with Gasteiger partial charge in [0.1, 0.15) is 0 Å². The van der Waals surface area contributed by atoms with Crippen LogP contribution >= 0.6 is 0 Å². The summed E-state index contributed by atoms with van der Waals surface area (Å²) in [6, 6.07) is 6.47. The lowest BCUT2D eigenvalue weighted by Gasteiger charge is -2.11. The Kier molecular flexibility index (Phi) is 4.46. The molecule has 0 fully saturated rings. The molecular formula is C12H15N5O2S. The molecule has 0 unspecified atom stereocenters.